The molecular weight excluding hydrogens is 361 g/mol. The zero-order chi connectivity index (χ0) is 16.5. The first-order chi connectivity index (χ1) is 10.4. The molecule has 0 saturated heterocycles. The van der Waals surface area contributed by atoms with Crippen molar-refractivity contribution < 1.29 is 28.2 Å². The van der Waals surface area contributed by atoms with Crippen LogP contribution in [0.3, 0.4) is 0 Å². The number of benzene rings is 1. The molecule has 22 heavy (non-hydrogen) atoms. The molecule has 0 aliphatic rings. The van der Waals surface area contributed by atoms with Crippen molar-refractivity contribution in [1.82, 2.24) is 5.32 Å². The summed E-state index contributed by atoms with van der Waals surface area (Å²) >= 11 is 3.18. The second-order valence-electron chi connectivity index (χ2n) is 3.88. The number of carbonyl (C=O) groups is 3. The van der Waals surface area contributed by atoms with E-state index in [9.17, 15) is 18.8 Å². The summed E-state index contributed by atoms with van der Waals surface area (Å²) in [6.45, 7) is 1.04. The molecule has 1 aromatic rings. The Kier molecular flexibility index (Phi) is 7.24. The first-order valence-corrected chi connectivity index (χ1v) is 6.98. The second kappa shape index (κ2) is 8.93. The van der Waals surface area contributed by atoms with Gasteiger partial charge in [-0.25, -0.2) is 14.0 Å². The molecule has 2 amide bonds. The summed E-state index contributed by atoms with van der Waals surface area (Å²) in [5.41, 5.74) is 0.183. The predicted octanol–water partition coefficient (Wildman–Crippen LogP) is 2.42. The maximum atomic E-state index is 13.4. The molecule has 1 N–H and O–H groups in total. The molecular formula is C14H13BrFNO5. The summed E-state index contributed by atoms with van der Waals surface area (Å²) in [5, 5.41) is 1.86. The van der Waals surface area contributed by atoms with Crippen LogP contribution in [0.4, 0.5) is 9.18 Å². The van der Waals surface area contributed by atoms with Crippen molar-refractivity contribution in [1.29, 1.82) is 0 Å². The molecule has 6 nitrogen and oxygen atoms in total. The van der Waals surface area contributed by atoms with E-state index in [2.05, 4.69) is 25.4 Å². The van der Waals surface area contributed by atoms with E-state index in [0.29, 0.717) is 4.47 Å². The molecule has 0 heterocycles. The second-order valence-corrected chi connectivity index (χ2v) is 4.79. The van der Waals surface area contributed by atoms with Gasteiger partial charge in [0, 0.05) is 16.1 Å². The Bertz CT molecular complexity index is 603. The molecule has 0 radical (unpaired) electrons. The normalized spacial score (nSPS) is 10.3. The summed E-state index contributed by atoms with van der Waals surface area (Å²) in [6.07, 6.45) is 1.27. The number of amides is 2. The summed E-state index contributed by atoms with van der Waals surface area (Å²) in [4.78, 5) is 33.5. The van der Waals surface area contributed by atoms with Gasteiger partial charge in [0.05, 0.1) is 6.61 Å². The highest BCUT2D eigenvalue weighted by molar-refractivity contribution is 9.10. The third-order valence-electron chi connectivity index (χ3n) is 2.22. The van der Waals surface area contributed by atoms with E-state index in [1.807, 2.05) is 5.32 Å². The number of carbonyl (C=O) groups excluding carboxylic acids is 3. The zero-order valence-electron chi connectivity index (χ0n) is 11.6. The first-order valence-electron chi connectivity index (χ1n) is 6.19. The maximum Gasteiger partial charge on any atom is 0.413 e. The van der Waals surface area contributed by atoms with Gasteiger partial charge in [0.2, 0.25) is 0 Å². The van der Waals surface area contributed by atoms with Crippen LogP contribution in [0.25, 0.3) is 6.08 Å². The third kappa shape index (κ3) is 6.49. The Hall–Kier alpha value is -2.22. The Morgan fingerprint density at radius 1 is 1.32 bits per heavy atom. The van der Waals surface area contributed by atoms with Gasteiger partial charge in [-0.15, -0.1) is 0 Å². The molecule has 1 aromatic carbocycles. The van der Waals surface area contributed by atoms with E-state index in [-0.39, 0.29) is 12.2 Å². The number of alkyl carbamates (subject to hydrolysis) is 1. The van der Waals surface area contributed by atoms with Crippen LogP contribution in [-0.4, -0.2) is 31.2 Å². The Balaban J connectivity index is 2.46. The highest BCUT2D eigenvalue weighted by Crippen LogP contribution is 2.16. The fourth-order valence-corrected chi connectivity index (χ4v) is 1.68. The van der Waals surface area contributed by atoms with Gasteiger partial charge in [-0.2, -0.15) is 0 Å². The Morgan fingerprint density at radius 3 is 2.73 bits per heavy atom. The smallest absolute Gasteiger partial charge is 0.413 e. The molecule has 0 bridgehead atoms. The van der Waals surface area contributed by atoms with Gasteiger partial charge in [0.1, 0.15) is 5.82 Å². The first kappa shape index (κ1) is 17.8. The molecule has 0 atom stereocenters. The molecule has 0 unspecified atom stereocenters. The standard InChI is InChI=1S/C14H13BrFNO5/c1-2-21-14(20)17-12(18)8-22-13(19)6-3-9-7-10(15)4-5-11(9)16/h3-7H,2,8H2,1H3,(H,17,18,20)/b6-3+. The van der Waals surface area contributed by atoms with E-state index in [0.717, 1.165) is 6.08 Å². The van der Waals surface area contributed by atoms with Crippen molar-refractivity contribution in [2.24, 2.45) is 0 Å². The molecule has 0 aliphatic carbocycles. The van der Waals surface area contributed by atoms with Crippen molar-refractivity contribution in [3.63, 3.8) is 0 Å². The van der Waals surface area contributed by atoms with Gasteiger partial charge in [0.15, 0.2) is 6.61 Å². The molecule has 8 heteroatoms. The van der Waals surface area contributed by atoms with Gasteiger partial charge in [-0.05, 0) is 31.2 Å². The van der Waals surface area contributed by atoms with Crippen LogP contribution in [0.2, 0.25) is 0 Å². The largest absolute Gasteiger partial charge is 0.452 e. The van der Waals surface area contributed by atoms with Crippen LogP contribution in [-0.2, 0) is 19.1 Å². The number of ether oxygens (including phenoxy) is 2. The lowest BCUT2D eigenvalue weighted by molar-refractivity contribution is -0.143. The number of imide groups is 1. The molecule has 0 aromatic heterocycles. The van der Waals surface area contributed by atoms with Crippen molar-refractivity contribution in [2.45, 2.75) is 6.92 Å². The SMILES string of the molecule is CCOC(=O)NC(=O)COC(=O)/C=C/c1cc(Br)ccc1F. The monoisotopic (exact) mass is 373 g/mol. The molecule has 0 fully saturated rings. The number of hydrogen-bond acceptors (Lipinski definition) is 5. The van der Waals surface area contributed by atoms with Crippen molar-refractivity contribution in [2.75, 3.05) is 13.2 Å². The molecule has 1 rings (SSSR count). The quantitative estimate of drug-likeness (QED) is 0.633. The van der Waals surface area contributed by atoms with Gasteiger partial charge in [-0.1, -0.05) is 15.9 Å². The van der Waals surface area contributed by atoms with Crippen molar-refractivity contribution >= 4 is 40.0 Å². The zero-order valence-corrected chi connectivity index (χ0v) is 13.2. The number of halogens is 2. The van der Waals surface area contributed by atoms with Crippen LogP contribution in [0, 0.1) is 5.82 Å². The lowest BCUT2D eigenvalue weighted by Crippen LogP contribution is -2.34. The van der Waals surface area contributed by atoms with E-state index in [1.165, 1.54) is 24.3 Å². The number of nitrogens with one attached hydrogen (secondary N) is 1. The number of esters is 1. The fraction of sp³-hybridized carbons (Fsp3) is 0.214. The van der Waals surface area contributed by atoms with Crippen LogP contribution in [0.15, 0.2) is 28.7 Å². The molecule has 0 saturated carbocycles. The number of hydrogen-bond donors (Lipinski definition) is 1. The summed E-state index contributed by atoms with van der Waals surface area (Å²) < 4.78 is 23.1. The van der Waals surface area contributed by atoms with Gasteiger partial charge >= 0.3 is 12.1 Å². The maximum absolute atomic E-state index is 13.4. The summed E-state index contributed by atoms with van der Waals surface area (Å²) in [5.74, 6) is -2.18. The van der Waals surface area contributed by atoms with Gasteiger partial charge in [0.25, 0.3) is 5.91 Å². The van der Waals surface area contributed by atoms with Crippen LogP contribution in [0.5, 0.6) is 0 Å². The van der Waals surface area contributed by atoms with Gasteiger partial charge in [-0.3, -0.25) is 10.1 Å². The molecule has 0 aliphatic heterocycles. The summed E-state index contributed by atoms with van der Waals surface area (Å²) in [6, 6.07) is 4.24. The lowest BCUT2D eigenvalue weighted by atomic mass is 10.2. The van der Waals surface area contributed by atoms with E-state index in [4.69, 9.17) is 0 Å². The van der Waals surface area contributed by atoms with Crippen molar-refractivity contribution in [3.8, 4) is 0 Å². The summed E-state index contributed by atoms with van der Waals surface area (Å²) in [7, 11) is 0. The van der Waals surface area contributed by atoms with Crippen LogP contribution < -0.4 is 5.32 Å². The number of rotatable bonds is 5. The van der Waals surface area contributed by atoms with Crippen molar-refractivity contribution in [3.05, 3.63) is 40.1 Å². The van der Waals surface area contributed by atoms with E-state index < -0.39 is 30.4 Å². The Labute approximate surface area is 134 Å². The predicted molar refractivity (Wildman–Crippen MR) is 79.3 cm³/mol. The minimum absolute atomic E-state index is 0.111. The molecule has 0 spiro atoms. The fourth-order valence-electron chi connectivity index (χ4n) is 1.30. The van der Waals surface area contributed by atoms with Gasteiger partial charge < -0.3 is 9.47 Å². The van der Waals surface area contributed by atoms with Crippen LogP contribution >= 0.6 is 15.9 Å². The highest BCUT2D eigenvalue weighted by atomic mass is 79.9. The average Bonchev–Trinajstić information content (AvgIpc) is 2.46. The van der Waals surface area contributed by atoms with E-state index >= 15 is 0 Å². The third-order valence-corrected chi connectivity index (χ3v) is 2.71. The minimum Gasteiger partial charge on any atom is -0.452 e. The minimum atomic E-state index is -0.921. The van der Waals surface area contributed by atoms with E-state index in [1.54, 1.807) is 6.92 Å². The Morgan fingerprint density at radius 2 is 2.05 bits per heavy atom. The topological polar surface area (TPSA) is 81.7 Å². The highest BCUT2D eigenvalue weighted by Gasteiger charge is 2.10. The molecule has 118 valence electrons. The average molecular weight is 374 g/mol. The lowest BCUT2D eigenvalue weighted by Gasteiger charge is -2.04. The van der Waals surface area contributed by atoms with Crippen LogP contribution in [0.1, 0.15) is 12.5 Å².